The Morgan fingerprint density at radius 3 is 2.63 bits per heavy atom. The van der Waals surface area contributed by atoms with Crippen molar-refractivity contribution >= 4 is 35.2 Å². The van der Waals surface area contributed by atoms with Crippen molar-refractivity contribution in [2.45, 2.75) is 13.0 Å². The molecule has 9 heteroatoms. The van der Waals surface area contributed by atoms with E-state index in [0.717, 1.165) is 5.56 Å². The van der Waals surface area contributed by atoms with Crippen molar-refractivity contribution in [2.75, 3.05) is 46.6 Å². The van der Waals surface area contributed by atoms with Gasteiger partial charge in [0.05, 0.1) is 26.2 Å². The highest BCUT2D eigenvalue weighted by Gasteiger charge is 2.32. The van der Waals surface area contributed by atoms with Gasteiger partial charge in [-0.2, -0.15) is 0 Å². The Kier molecular flexibility index (Phi) is 8.63. The smallest absolute Gasteiger partial charge is 0.320 e. The largest absolute Gasteiger partial charge is 0.481 e. The molecular weight excluding hydrogens is 395 g/mol. The fourth-order valence-corrected chi connectivity index (χ4v) is 3.48. The highest BCUT2D eigenvalue weighted by atomic mass is 35.5. The molecule has 0 aliphatic carbocycles. The van der Waals surface area contributed by atoms with E-state index < -0.39 is 5.97 Å². The van der Waals surface area contributed by atoms with E-state index in [-0.39, 0.29) is 18.4 Å². The molecule has 0 bridgehead atoms. The maximum Gasteiger partial charge on any atom is 0.320 e. The number of amides is 2. The molecule has 0 spiro atoms. The normalized spacial score (nSPS) is 17.4. The van der Waals surface area contributed by atoms with Gasteiger partial charge in [-0.3, -0.25) is 4.79 Å². The lowest BCUT2D eigenvalue weighted by Crippen LogP contribution is -2.54. The minimum Gasteiger partial charge on any atom is -0.481 e. The molecule has 0 radical (unpaired) electrons. The predicted octanol–water partition coefficient (Wildman–Crippen LogP) is 2.98. The van der Waals surface area contributed by atoms with Crippen LogP contribution >= 0.6 is 23.2 Å². The third-order valence-electron chi connectivity index (χ3n) is 4.28. The summed E-state index contributed by atoms with van der Waals surface area (Å²) >= 11 is 12.1. The van der Waals surface area contributed by atoms with Crippen LogP contribution in [0.5, 0.6) is 0 Å². The number of nitrogens with zero attached hydrogens (tertiary/aromatic N) is 2. The molecule has 1 aromatic rings. The summed E-state index contributed by atoms with van der Waals surface area (Å²) in [6, 6.07) is 4.96. The second kappa shape index (κ2) is 10.7. The van der Waals surface area contributed by atoms with Crippen molar-refractivity contribution in [3.63, 3.8) is 0 Å². The first kappa shape index (κ1) is 21.8. The van der Waals surface area contributed by atoms with E-state index in [1.54, 1.807) is 35.1 Å². The van der Waals surface area contributed by atoms with Crippen LogP contribution in [0, 0.1) is 5.92 Å². The van der Waals surface area contributed by atoms with Gasteiger partial charge in [-0.05, 0) is 17.7 Å². The average Bonchev–Trinajstić information content (AvgIpc) is 2.60. The first-order valence-corrected chi connectivity index (χ1v) is 9.42. The van der Waals surface area contributed by atoms with Gasteiger partial charge in [0.1, 0.15) is 0 Å². The number of carboxylic acids is 1. The number of carbonyl (C=O) groups is 2. The minimum absolute atomic E-state index is 0.000832. The SMILES string of the molecule is COCCOCCN1CC(CC(=O)O)CN(Cc2ccc(Cl)cc2Cl)C1=O. The molecule has 1 atom stereocenters. The lowest BCUT2D eigenvalue weighted by molar-refractivity contribution is -0.138. The highest BCUT2D eigenvalue weighted by Crippen LogP contribution is 2.25. The van der Waals surface area contributed by atoms with Crippen molar-refractivity contribution in [3.8, 4) is 0 Å². The maximum absolute atomic E-state index is 12.8. The fourth-order valence-electron chi connectivity index (χ4n) is 3.01. The number of hydrogen-bond donors (Lipinski definition) is 1. The summed E-state index contributed by atoms with van der Waals surface area (Å²) in [6.07, 6.45) is -0.000832. The Morgan fingerprint density at radius 1 is 1.22 bits per heavy atom. The number of hydrogen-bond acceptors (Lipinski definition) is 4. The Bertz CT molecular complexity index is 659. The van der Waals surface area contributed by atoms with Crippen LogP contribution in [0.15, 0.2) is 18.2 Å². The number of aliphatic carboxylic acids is 1. The highest BCUT2D eigenvalue weighted by molar-refractivity contribution is 6.35. The van der Waals surface area contributed by atoms with E-state index in [1.807, 2.05) is 0 Å². The zero-order valence-electron chi connectivity index (χ0n) is 15.2. The lowest BCUT2D eigenvalue weighted by Gasteiger charge is -2.40. The molecule has 1 aliphatic rings. The minimum atomic E-state index is -0.880. The van der Waals surface area contributed by atoms with E-state index in [4.69, 9.17) is 37.8 Å². The molecule has 1 aliphatic heterocycles. The van der Waals surface area contributed by atoms with Crippen LogP contribution in [0.2, 0.25) is 10.0 Å². The number of benzene rings is 1. The van der Waals surface area contributed by atoms with Gasteiger partial charge in [-0.15, -0.1) is 0 Å². The van der Waals surface area contributed by atoms with Crippen LogP contribution in [-0.2, 0) is 20.8 Å². The summed E-state index contributed by atoms with van der Waals surface area (Å²) in [6.45, 7) is 2.74. The number of methoxy groups -OCH3 is 1. The van der Waals surface area contributed by atoms with Crippen molar-refractivity contribution in [2.24, 2.45) is 5.92 Å². The maximum atomic E-state index is 12.8. The molecule has 1 N–H and O–H groups in total. The van der Waals surface area contributed by atoms with E-state index in [9.17, 15) is 9.59 Å². The van der Waals surface area contributed by atoms with E-state index in [1.165, 1.54) is 0 Å². The second-order valence-electron chi connectivity index (χ2n) is 6.41. The summed E-state index contributed by atoms with van der Waals surface area (Å²) < 4.78 is 10.4. The van der Waals surface area contributed by atoms with Gasteiger partial charge >= 0.3 is 12.0 Å². The standard InChI is InChI=1S/C18H24Cl2N2O5/c1-26-6-7-27-5-4-21-10-13(8-17(23)24)11-22(18(21)25)12-14-2-3-15(19)9-16(14)20/h2-3,9,13H,4-8,10-12H2,1H3,(H,23,24). The number of carboxylic acid groups (broad SMARTS) is 1. The molecule has 7 nitrogen and oxygen atoms in total. The zero-order valence-corrected chi connectivity index (χ0v) is 16.7. The molecule has 2 amide bonds. The Morgan fingerprint density at radius 2 is 1.96 bits per heavy atom. The summed E-state index contributed by atoms with van der Waals surface area (Å²) in [5.74, 6) is -1.04. The first-order chi connectivity index (χ1) is 12.9. The summed E-state index contributed by atoms with van der Waals surface area (Å²) in [5, 5.41) is 10.1. The predicted molar refractivity (Wildman–Crippen MR) is 102 cm³/mol. The third-order valence-corrected chi connectivity index (χ3v) is 4.86. The van der Waals surface area contributed by atoms with Crippen molar-refractivity contribution in [1.82, 2.24) is 9.80 Å². The Balaban J connectivity index is 2.04. The molecule has 1 unspecified atom stereocenters. The molecule has 150 valence electrons. The molecular formula is C18H24Cl2N2O5. The molecule has 27 heavy (non-hydrogen) atoms. The molecule has 1 heterocycles. The van der Waals surface area contributed by atoms with Crippen LogP contribution < -0.4 is 0 Å². The first-order valence-electron chi connectivity index (χ1n) is 8.67. The number of rotatable bonds is 10. The van der Waals surface area contributed by atoms with Gasteiger partial charge in [0.25, 0.3) is 0 Å². The van der Waals surface area contributed by atoms with E-state index in [2.05, 4.69) is 0 Å². The van der Waals surface area contributed by atoms with Crippen LogP contribution in [0.25, 0.3) is 0 Å². The van der Waals surface area contributed by atoms with Crippen LogP contribution in [0.4, 0.5) is 4.79 Å². The molecule has 1 aromatic carbocycles. The Labute approximate surface area is 168 Å². The van der Waals surface area contributed by atoms with Gasteiger partial charge in [-0.25, -0.2) is 4.79 Å². The molecule has 1 saturated heterocycles. The van der Waals surface area contributed by atoms with E-state index in [0.29, 0.717) is 56.0 Å². The number of urea groups is 1. The summed E-state index contributed by atoms with van der Waals surface area (Å²) in [7, 11) is 1.59. The zero-order chi connectivity index (χ0) is 19.8. The molecule has 0 saturated carbocycles. The lowest BCUT2D eigenvalue weighted by atomic mass is 10.0. The van der Waals surface area contributed by atoms with Gasteiger partial charge in [-0.1, -0.05) is 29.3 Å². The number of carbonyl (C=O) groups excluding carboxylic acids is 1. The van der Waals surface area contributed by atoms with Gasteiger partial charge in [0.15, 0.2) is 0 Å². The molecule has 0 aromatic heterocycles. The average molecular weight is 419 g/mol. The quantitative estimate of drug-likeness (QED) is 0.590. The van der Waals surface area contributed by atoms with Gasteiger partial charge < -0.3 is 24.4 Å². The summed E-state index contributed by atoms with van der Waals surface area (Å²) in [5.41, 5.74) is 0.765. The topological polar surface area (TPSA) is 79.3 Å². The third kappa shape index (κ3) is 6.84. The number of ether oxygens (including phenoxy) is 2. The van der Waals surface area contributed by atoms with Gasteiger partial charge in [0.2, 0.25) is 0 Å². The summed E-state index contributed by atoms with van der Waals surface area (Å²) in [4.78, 5) is 27.2. The van der Waals surface area contributed by atoms with E-state index >= 15 is 0 Å². The second-order valence-corrected chi connectivity index (χ2v) is 7.26. The monoisotopic (exact) mass is 418 g/mol. The van der Waals surface area contributed by atoms with Crippen molar-refractivity contribution < 1.29 is 24.2 Å². The van der Waals surface area contributed by atoms with Crippen molar-refractivity contribution in [3.05, 3.63) is 33.8 Å². The van der Waals surface area contributed by atoms with Crippen LogP contribution in [-0.4, -0.2) is 73.5 Å². The van der Waals surface area contributed by atoms with Crippen LogP contribution in [0.1, 0.15) is 12.0 Å². The number of halogens is 2. The fraction of sp³-hybridized carbons (Fsp3) is 0.556. The molecule has 1 fully saturated rings. The van der Waals surface area contributed by atoms with Gasteiger partial charge in [0, 0.05) is 49.3 Å². The molecule has 2 rings (SSSR count). The van der Waals surface area contributed by atoms with Crippen LogP contribution in [0.3, 0.4) is 0 Å². The van der Waals surface area contributed by atoms with Crippen molar-refractivity contribution in [1.29, 1.82) is 0 Å². The Hall–Kier alpha value is -1.54.